The lowest BCUT2D eigenvalue weighted by atomic mass is 10.1. The van der Waals surface area contributed by atoms with Crippen molar-refractivity contribution in [1.82, 2.24) is 25.3 Å². The van der Waals surface area contributed by atoms with Crippen LogP contribution in [0.2, 0.25) is 5.02 Å². The molecule has 2 N–H and O–H groups in total. The van der Waals surface area contributed by atoms with Gasteiger partial charge in [0.1, 0.15) is 18.1 Å². The van der Waals surface area contributed by atoms with Gasteiger partial charge in [-0.05, 0) is 40.1 Å². The molecule has 0 fully saturated rings. The Hall–Kier alpha value is -3.43. The molecule has 0 atom stereocenters. The summed E-state index contributed by atoms with van der Waals surface area (Å²) >= 11 is 11.8. The molecule has 0 aliphatic rings. The van der Waals surface area contributed by atoms with Crippen LogP contribution in [0.25, 0.3) is 17.1 Å². The van der Waals surface area contributed by atoms with Crippen LogP contribution in [0.1, 0.15) is 16.1 Å². The first-order valence-corrected chi connectivity index (χ1v) is 9.00. The van der Waals surface area contributed by atoms with Crippen molar-refractivity contribution in [3.8, 4) is 22.8 Å². The second kappa shape index (κ2) is 7.90. The Balaban J connectivity index is 1.71. The predicted octanol–water partition coefficient (Wildman–Crippen LogP) is 3.51. The number of ether oxygens (including phenoxy) is 1. The summed E-state index contributed by atoms with van der Waals surface area (Å²) in [6.07, 6.45) is 0. The number of hydrogen-bond donors (Lipinski definition) is 1. The molecule has 0 bridgehead atoms. The van der Waals surface area contributed by atoms with Crippen LogP contribution in [0.3, 0.4) is 0 Å². The van der Waals surface area contributed by atoms with E-state index in [1.54, 1.807) is 30.3 Å². The average molecular weight is 431 g/mol. The van der Waals surface area contributed by atoms with Crippen molar-refractivity contribution in [1.29, 1.82) is 0 Å². The number of nitrogens with two attached hydrogens (primary N) is 1. The molecule has 146 valence electrons. The van der Waals surface area contributed by atoms with Crippen molar-refractivity contribution in [2.75, 3.05) is 5.73 Å². The van der Waals surface area contributed by atoms with E-state index < -0.39 is 5.24 Å². The topological polar surface area (TPSA) is 122 Å². The van der Waals surface area contributed by atoms with Gasteiger partial charge in [0.25, 0.3) is 5.24 Å². The highest BCUT2D eigenvalue weighted by molar-refractivity contribution is 6.67. The fourth-order valence-corrected chi connectivity index (χ4v) is 2.99. The molecule has 9 nitrogen and oxygen atoms in total. The van der Waals surface area contributed by atoms with Gasteiger partial charge in [0.05, 0.1) is 0 Å². The summed E-state index contributed by atoms with van der Waals surface area (Å²) in [5.41, 5.74) is 7.34. The molecule has 0 aliphatic heterocycles. The number of aromatic nitrogens is 5. The van der Waals surface area contributed by atoms with E-state index in [0.29, 0.717) is 16.3 Å². The largest absolute Gasteiger partial charge is 0.489 e. The summed E-state index contributed by atoms with van der Waals surface area (Å²) in [6, 6.07) is 14.3. The predicted molar refractivity (Wildman–Crippen MR) is 105 cm³/mol. The van der Waals surface area contributed by atoms with E-state index in [4.69, 9.17) is 33.7 Å². The molecular weight excluding hydrogens is 419 g/mol. The van der Waals surface area contributed by atoms with E-state index in [1.165, 1.54) is 4.68 Å². The SMILES string of the molecule is Nc1nonc1-n1nnc(C(=O)Cl)c1-c1cccc(OCc2ccccc2Cl)c1. The van der Waals surface area contributed by atoms with E-state index in [-0.39, 0.29) is 29.6 Å². The number of nitrogens with zero attached hydrogens (tertiary/aromatic N) is 5. The monoisotopic (exact) mass is 430 g/mol. The zero-order chi connectivity index (χ0) is 20.4. The third kappa shape index (κ3) is 3.78. The molecule has 11 heteroatoms. The van der Waals surface area contributed by atoms with Crippen LogP contribution < -0.4 is 10.5 Å². The third-order valence-corrected chi connectivity index (χ3v) is 4.56. The summed E-state index contributed by atoms with van der Waals surface area (Å²) in [5, 5.41) is 14.8. The molecule has 2 aromatic heterocycles. The average Bonchev–Trinajstić information content (AvgIpc) is 3.33. The third-order valence-electron chi connectivity index (χ3n) is 4.01. The molecule has 4 rings (SSSR count). The second-order valence-corrected chi connectivity index (χ2v) is 6.60. The van der Waals surface area contributed by atoms with Crippen molar-refractivity contribution in [3.63, 3.8) is 0 Å². The Kier molecular flexibility index (Phi) is 5.15. The lowest BCUT2D eigenvalue weighted by molar-refractivity contribution is 0.107. The van der Waals surface area contributed by atoms with Gasteiger partial charge in [-0.3, -0.25) is 4.79 Å². The van der Waals surface area contributed by atoms with Crippen LogP contribution in [-0.4, -0.2) is 30.5 Å². The molecule has 2 heterocycles. The minimum absolute atomic E-state index is 0.0177. The first-order chi connectivity index (χ1) is 14.0. The van der Waals surface area contributed by atoms with Gasteiger partial charge in [-0.2, -0.15) is 4.68 Å². The fourth-order valence-electron chi connectivity index (χ4n) is 2.67. The van der Waals surface area contributed by atoms with Crippen molar-refractivity contribution in [2.24, 2.45) is 0 Å². The molecule has 29 heavy (non-hydrogen) atoms. The van der Waals surface area contributed by atoms with Crippen LogP contribution in [0.15, 0.2) is 53.2 Å². The van der Waals surface area contributed by atoms with Crippen molar-refractivity contribution in [2.45, 2.75) is 6.61 Å². The standard InChI is InChI=1S/C18H12Cl2N6O3/c19-13-7-2-1-4-11(13)9-28-12-6-3-5-10(8-12)15-14(16(20)27)22-25-26(15)18-17(21)23-29-24-18/h1-8H,9H2,(H2,21,23). The number of nitrogen functional groups attached to an aromatic ring is 1. The number of carbonyl (C=O) groups is 1. The molecule has 0 unspecified atom stereocenters. The Bertz CT molecular complexity index is 1190. The van der Waals surface area contributed by atoms with Gasteiger partial charge in [0.2, 0.25) is 11.6 Å². The highest BCUT2D eigenvalue weighted by atomic mass is 35.5. The van der Waals surface area contributed by atoms with Gasteiger partial charge in [0.15, 0.2) is 5.69 Å². The molecule has 0 saturated carbocycles. The molecule has 0 aliphatic carbocycles. The van der Waals surface area contributed by atoms with Crippen molar-refractivity contribution in [3.05, 3.63) is 64.8 Å². The zero-order valence-corrected chi connectivity index (χ0v) is 16.1. The van der Waals surface area contributed by atoms with E-state index in [9.17, 15) is 4.79 Å². The lowest BCUT2D eigenvalue weighted by Crippen LogP contribution is -2.04. The minimum atomic E-state index is -0.788. The number of rotatable bonds is 6. The zero-order valence-electron chi connectivity index (χ0n) is 14.6. The number of hydrogen-bond acceptors (Lipinski definition) is 8. The smallest absolute Gasteiger partial charge is 0.275 e. The van der Waals surface area contributed by atoms with Crippen LogP contribution in [0, 0.1) is 0 Å². The van der Waals surface area contributed by atoms with Crippen molar-refractivity contribution < 1.29 is 14.2 Å². The van der Waals surface area contributed by atoms with Gasteiger partial charge in [-0.15, -0.1) is 5.10 Å². The van der Waals surface area contributed by atoms with Crippen LogP contribution >= 0.6 is 23.2 Å². The highest BCUT2D eigenvalue weighted by Crippen LogP contribution is 2.30. The maximum atomic E-state index is 11.9. The fraction of sp³-hybridized carbons (Fsp3) is 0.0556. The van der Waals surface area contributed by atoms with E-state index >= 15 is 0 Å². The molecule has 0 amide bonds. The second-order valence-electron chi connectivity index (χ2n) is 5.85. The maximum Gasteiger partial charge on any atom is 0.275 e. The first kappa shape index (κ1) is 18.9. The molecular formula is C18H12Cl2N6O3. The summed E-state index contributed by atoms with van der Waals surface area (Å²) in [7, 11) is 0. The van der Waals surface area contributed by atoms with Gasteiger partial charge in [0, 0.05) is 16.1 Å². The summed E-state index contributed by atoms with van der Waals surface area (Å²) in [5.74, 6) is 0.601. The van der Waals surface area contributed by atoms with Gasteiger partial charge >= 0.3 is 0 Å². The molecule has 0 spiro atoms. The molecule has 0 radical (unpaired) electrons. The molecule has 0 saturated heterocycles. The molecule has 4 aromatic rings. The van der Waals surface area contributed by atoms with Gasteiger partial charge in [-0.25, -0.2) is 4.63 Å². The van der Waals surface area contributed by atoms with Gasteiger partial charge < -0.3 is 10.5 Å². The number of carbonyl (C=O) groups excluding carboxylic acids is 1. The molecule has 2 aromatic carbocycles. The number of benzene rings is 2. The first-order valence-electron chi connectivity index (χ1n) is 8.25. The number of halogens is 2. The minimum Gasteiger partial charge on any atom is -0.489 e. The van der Waals surface area contributed by atoms with Crippen LogP contribution in [0.5, 0.6) is 5.75 Å². The Morgan fingerprint density at radius 2 is 2.00 bits per heavy atom. The normalized spacial score (nSPS) is 10.8. The van der Waals surface area contributed by atoms with Crippen molar-refractivity contribution >= 4 is 34.3 Å². The van der Waals surface area contributed by atoms with Crippen LogP contribution in [-0.2, 0) is 6.61 Å². The van der Waals surface area contributed by atoms with Gasteiger partial charge in [-0.1, -0.05) is 47.1 Å². The van der Waals surface area contributed by atoms with E-state index in [1.807, 2.05) is 18.2 Å². The van der Waals surface area contributed by atoms with Crippen LogP contribution in [0.4, 0.5) is 5.82 Å². The summed E-state index contributed by atoms with van der Waals surface area (Å²) in [6.45, 7) is 0.266. The Morgan fingerprint density at radius 3 is 2.72 bits per heavy atom. The summed E-state index contributed by atoms with van der Waals surface area (Å²) in [4.78, 5) is 11.9. The summed E-state index contributed by atoms with van der Waals surface area (Å²) < 4.78 is 11.7. The Labute approximate surface area is 173 Å². The lowest BCUT2D eigenvalue weighted by Gasteiger charge is -2.10. The number of anilines is 1. The quantitative estimate of drug-likeness (QED) is 0.461. The maximum absolute atomic E-state index is 11.9. The van der Waals surface area contributed by atoms with E-state index in [0.717, 1.165) is 5.56 Å². The highest BCUT2D eigenvalue weighted by Gasteiger charge is 2.24. The Morgan fingerprint density at radius 1 is 1.17 bits per heavy atom. The van der Waals surface area contributed by atoms with E-state index in [2.05, 4.69) is 25.3 Å².